The van der Waals surface area contributed by atoms with E-state index in [0.717, 1.165) is 6.42 Å². The third kappa shape index (κ3) is 4.19. The molecule has 122 valence electrons. The summed E-state index contributed by atoms with van der Waals surface area (Å²) in [7, 11) is 0. The number of anilines is 1. The molecule has 1 N–H and O–H groups in total. The zero-order valence-corrected chi connectivity index (χ0v) is 13.3. The monoisotopic (exact) mass is 322 g/mol. The Kier molecular flexibility index (Phi) is 4.86. The standard InChI is InChI=1S/C18H18N4O2/c1-14(12-15-8-4-2-5-9-15)22-13-17(24-21-22)20-18(23)19-16-10-6-3-7-11-16/h2-11,13-14H,12H2,1H3,(H-,19,20,21,23)/t14-/m1/s1. The van der Waals surface area contributed by atoms with Crippen molar-refractivity contribution in [2.45, 2.75) is 19.4 Å². The van der Waals surface area contributed by atoms with Gasteiger partial charge in [-0.05, 0) is 22.4 Å². The fourth-order valence-corrected chi connectivity index (χ4v) is 2.33. The summed E-state index contributed by atoms with van der Waals surface area (Å²) in [6.07, 6.45) is 2.44. The average molecular weight is 322 g/mol. The molecule has 0 aliphatic heterocycles. The van der Waals surface area contributed by atoms with Gasteiger partial charge in [0.2, 0.25) is 5.27 Å². The Labute approximate surface area is 140 Å². The van der Waals surface area contributed by atoms with Gasteiger partial charge < -0.3 is 10.4 Å². The Bertz CT molecular complexity index is 800. The molecular formula is C18H18N4O2. The molecule has 0 unspecified atom stereocenters. The van der Waals surface area contributed by atoms with Crippen molar-refractivity contribution in [2.75, 3.05) is 5.32 Å². The lowest BCUT2D eigenvalue weighted by Gasteiger charge is -2.11. The maximum atomic E-state index is 11.9. The van der Waals surface area contributed by atoms with Crippen LogP contribution in [-0.2, 0) is 6.42 Å². The second-order valence-corrected chi connectivity index (χ2v) is 5.47. The van der Waals surface area contributed by atoms with E-state index < -0.39 is 6.02 Å². The van der Waals surface area contributed by atoms with Crippen molar-refractivity contribution in [1.29, 1.82) is 0 Å². The summed E-state index contributed by atoms with van der Waals surface area (Å²) >= 11 is 0. The lowest BCUT2D eigenvalue weighted by molar-refractivity contribution is -0.782. The molecule has 3 rings (SSSR count). The second-order valence-electron chi connectivity index (χ2n) is 5.47. The summed E-state index contributed by atoms with van der Waals surface area (Å²) in [5.74, 6) is 0.170. The van der Waals surface area contributed by atoms with Gasteiger partial charge in [0.1, 0.15) is 0 Å². The minimum absolute atomic E-state index is 0.0947. The van der Waals surface area contributed by atoms with Crippen LogP contribution in [0.4, 0.5) is 11.6 Å². The molecule has 0 saturated heterocycles. The highest BCUT2D eigenvalue weighted by Crippen LogP contribution is 2.12. The molecule has 1 atom stereocenters. The zero-order valence-electron chi connectivity index (χ0n) is 13.3. The van der Waals surface area contributed by atoms with Crippen molar-refractivity contribution in [3.8, 4) is 0 Å². The number of aliphatic imine (C=N–C) groups is 1. The van der Waals surface area contributed by atoms with E-state index in [-0.39, 0.29) is 11.9 Å². The van der Waals surface area contributed by atoms with E-state index in [9.17, 15) is 5.11 Å². The van der Waals surface area contributed by atoms with Crippen LogP contribution in [0.25, 0.3) is 0 Å². The Hall–Kier alpha value is -3.15. The van der Waals surface area contributed by atoms with Crippen LogP contribution >= 0.6 is 0 Å². The van der Waals surface area contributed by atoms with Gasteiger partial charge in [0.15, 0.2) is 6.04 Å². The average Bonchev–Trinajstić information content (AvgIpc) is 3.05. The van der Waals surface area contributed by atoms with E-state index in [4.69, 9.17) is 4.52 Å². The normalized spacial score (nSPS) is 12.8. The molecule has 0 aliphatic carbocycles. The summed E-state index contributed by atoms with van der Waals surface area (Å²) in [5, 5.41) is 18.5. The zero-order chi connectivity index (χ0) is 16.8. The molecule has 0 saturated carbocycles. The number of aromatic nitrogens is 2. The fourth-order valence-electron chi connectivity index (χ4n) is 2.33. The summed E-state index contributed by atoms with van der Waals surface area (Å²) in [4.78, 5) is 3.86. The highest BCUT2D eigenvalue weighted by Gasteiger charge is 2.19. The number of benzene rings is 2. The van der Waals surface area contributed by atoms with Gasteiger partial charge in [-0.15, -0.1) is 0 Å². The van der Waals surface area contributed by atoms with E-state index in [1.165, 1.54) is 5.56 Å². The summed E-state index contributed by atoms with van der Waals surface area (Å²) in [5.41, 5.74) is 1.89. The molecule has 2 aromatic carbocycles. The first-order valence-electron chi connectivity index (χ1n) is 7.70. The minimum Gasteiger partial charge on any atom is -0.846 e. The summed E-state index contributed by atoms with van der Waals surface area (Å²) in [6, 6.07) is 18.8. The number of nitrogens with one attached hydrogen (secondary N) is 1. The fraction of sp³-hybridized carbons (Fsp3) is 0.167. The van der Waals surface area contributed by atoms with Gasteiger partial charge in [0.25, 0.3) is 6.20 Å². The van der Waals surface area contributed by atoms with E-state index in [1.807, 2.05) is 43.3 Å². The first-order valence-corrected chi connectivity index (χ1v) is 7.70. The third-order valence-corrected chi connectivity index (χ3v) is 3.53. The topological polar surface area (TPSA) is 77.4 Å². The highest BCUT2D eigenvalue weighted by atomic mass is 16.5. The SMILES string of the molecule is C[C@H](Cc1ccccc1)[n+]1cc(N=C([O-])Nc2ccccc2)on1. The van der Waals surface area contributed by atoms with E-state index in [2.05, 4.69) is 27.7 Å². The number of nitrogens with zero attached hydrogens (tertiary/aromatic N) is 3. The summed E-state index contributed by atoms with van der Waals surface area (Å²) < 4.78 is 6.79. The van der Waals surface area contributed by atoms with Crippen molar-refractivity contribution >= 4 is 17.6 Å². The number of amidine groups is 1. The van der Waals surface area contributed by atoms with Crippen LogP contribution in [0.5, 0.6) is 0 Å². The van der Waals surface area contributed by atoms with Crippen molar-refractivity contribution in [2.24, 2.45) is 4.99 Å². The van der Waals surface area contributed by atoms with Crippen molar-refractivity contribution in [3.05, 3.63) is 72.4 Å². The maximum absolute atomic E-state index is 11.9. The van der Waals surface area contributed by atoms with Gasteiger partial charge in [0.05, 0.1) is 6.02 Å². The predicted molar refractivity (Wildman–Crippen MR) is 88.7 cm³/mol. The van der Waals surface area contributed by atoms with E-state index in [0.29, 0.717) is 5.69 Å². The van der Waals surface area contributed by atoms with Gasteiger partial charge in [-0.3, -0.25) is 4.52 Å². The Balaban J connectivity index is 1.65. The van der Waals surface area contributed by atoms with Crippen LogP contribution in [0.1, 0.15) is 18.5 Å². The second kappa shape index (κ2) is 7.41. The van der Waals surface area contributed by atoms with E-state index in [1.54, 1.807) is 23.0 Å². The molecule has 0 aliphatic rings. The smallest absolute Gasteiger partial charge is 0.322 e. The summed E-state index contributed by atoms with van der Waals surface area (Å²) in [6.45, 7) is 2.03. The molecule has 6 heteroatoms. The third-order valence-electron chi connectivity index (χ3n) is 3.53. The minimum atomic E-state index is -0.500. The molecule has 24 heavy (non-hydrogen) atoms. The van der Waals surface area contributed by atoms with Crippen LogP contribution < -0.4 is 15.1 Å². The van der Waals surface area contributed by atoms with Crippen molar-refractivity contribution in [1.82, 2.24) is 5.27 Å². The quantitative estimate of drug-likeness (QED) is 0.444. The van der Waals surface area contributed by atoms with Gasteiger partial charge in [-0.1, -0.05) is 48.5 Å². The maximum Gasteiger partial charge on any atom is 0.322 e. The van der Waals surface area contributed by atoms with Crippen LogP contribution in [0.2, 0.25) is 0 Å². The largest absolute Gasteiger partial charge is 0.846 e. The molecule has 1 aromatic heterocycles. The molecule has 0 amide bonds. The highest BCUT2D eigenvalue weighted by molar-refractivity contribution is 5.86. The molecule has 6 nitrogen and oxygen atoms in total. The first-order chi connectivity index (χ1) is 11.7. The first kappa shape index (κ1) is 15.7. The molecule has 3 aromatic rings. The van der Waals surface area contributed by atoms with Gasteiger partial charge in [-0.25, -0.2) is 4.99 Å². The Morgan fingerprint density at radius 1 is 1.17 bits per heavy atom. The number of para-hydroxylation sites is 1. The van der Waals surface area contributed by atoms with Crippen LogP contribution in [0, 0.1) is 0 Å². The Morgan fingerprint density at radius 3 is 2.54 bits per heavy atom. The lowest BCUT2D eigenvalue weighted by atomic mass is 10.1. The number of hydrogen-bond acceptors (Lipinski definition) is 4. The molecule has 0 radical (unpaired) electrons. The molecular weight excluding hydrogens is 304 g/mol. The molecule has 0 fully saturated rings. The predicted octanol–water partition coefficient (Wildman–Crippen LogP) is 2.23. The van der Waals surface area contributed by atoms with Gasteiger partial charge >= 0.3 is 5.88 Å². The van der Waals surface area contributed by atoms with Crippen molar-refractivity contribution < 1.29 is 14.3 Å². The van der Waals surface area contributed by atoms with Crippen LogP contribution in [0.3, 0.4) is 0 Å². The van der Waals surface area contributed by atoms with E-state index >= 15 is 0 Å². The Morgan fingerprint density at radius 2 is 1.83 bits per heavy atom. The molecule has 0 spiro atoms. The molecule has 0 bridgehead atoms. The van der Waals surface area contributed by atoms with Crippen LogP contribution in [-0.4, -0.2) is 11.3 Å². The van der Waals surface area contributed by atoms with Gasteiger partial charge in [-0.2, -0.15) is 0 Å². The lowest BCUT2D eigenvalue weighted by Crippen LogP contribution is -2.39. The molecule has 1 heterocycles. The number of rotatable bonds is 5. The van der Waals surface area contributed by atoms with Gasteiger partial charge in [0, 0.05) is 19.0 Å². The van der Waals surface area contributed by atoms with Crippen LogP contribution in [0.15, 0.2) is 76.4 Å². The van der Waals surface area contributed by atoms with Crippen molar-refractivity contribution in [3.63, 3.8) is 0 Å². The number of hydrogen-bond donors (Lipinski definition) is 1.